The Hall–Kier alpha value is -1.09. The van der Waals surface area contributed by atoms with Crippen molar-refractivity contribution in [2.45, 2.75) is 45.1 Å². The van der Waals surface area contributed by atoms with Crippen molar-refractivity contribution < 1.29 is 4.74 Å². The molecule has 1 aromatic rings. The molecule has 1 aliphatic rings. The van der Waals surface area contributed by atoms with Gasteiger partial charge in [-0.15, -0.1) is 0 Å². The second-order valence-corrected chi connectivity index (χ2v) is 5.87. The summed E-state index contributed by atoms with van der Waals surface area (Å²) in [7, 11) is 1.67. The van der Waals surface area contributed by atoms with Crippen LogP contribution >= 0.6 is 0 Å². The lowest BCUT2D eigenvalue weighted by Gasteiger charge is -2.40. The highest BCUT2D eigenvalue weighted by atomic mass is 16.5. The first kappa shape index (κ1) is 13.3. The molecule has 0 bridgehead atoms. The Bertz CT molecular complexity index is 405. The second-order valence-electron chi connectivity index (χ2n) is 5.87. The summed E-state index contributed by atoms with van der Waals surface area (Å²) in [5.74, 6) is 2.21. The van der Waals surface area contributed by atoms with Gasteiger partial charge in [0.05, 0.1) is 13.3 Å². The largest absolute Gasteiger partial charge is 0.495 e. The van der Waals surface area contributed by atoms with Crippen molar-refractivity contribution in [3.63, 3.8) is 0 Å². The summed E-state index contributed by atoms with van der Waals surface area (Å²) in [5.41, 5.74) is 7.53. The van der Waals surface area contributed by atoms with Gasteiger partial charge >= 0.3 is 0 Å². The number of nitrogens with zero attached hydrogens (tertiary/aromatic N) is 1. The molecule has 2 N–H and O–H groups in total. The van der Waals surface area contributed by atoms with Crippen LogP contribution in [0.25, 0.3) is 0 Å². The van der Waals surface area contributed by atoms with Crippen molar-refractivity contribution in [3.05, 3.63) is 24.0 Å². The minimum atomic E-state index is -0.227. The van der Waals surface area contributed by atoms with E-state index in [1.165, 1.54) is 12.8 Å². The van der Waals surface area contributed by atoms with Crippen molar-refractivity contribution in [2.75, 3.05) is 7.11 Å². The van der Waals surface area contributed by atoms with Gasteiger partial charge in [0.15, 0.2) is 0 Å². The minimum Gasteiger partial charge on any atom is -0.495 e. The lowest BCUT2D eigenvalue weighted by atomic mass is 9.70. The number of aromatic nitrogens is 1. The van der Waals surface area contributed by atoms with Crippen molar-refractivity contribution in [3.8, 4) is 5.75 Å². The molecule has 0 radical (unpaired) electrons. The number of methoxy groups -OCH3 is 1. The lowest BCUT2D eigenvalue weighted by molar-refractivity contribution is 0.183. The third-order valence-electron chi connectivity index (χ3n) is 4.29. The molecule has 0 saturated heterocycles. The van der Waals surface area contributed by atoms with Crippen LogP contribution in [0.15, 0.2) is 18.5 Å². The van der Waals surface area contributed by atoms with Gasteiger partial charge in [0, 0.05) is 11.7 Å². The van der Waals surface area contributed by atoms with Crippen LogP contribution in [0.4, 0.5) is 0 Å². The van der Waals surface area contributed by atoms with Crippen LogP contribution in [-0.2, 0) is 5.54 Å². The van der Waals surface area contributed by atoms with Crippen LogP contribution in [0, 0.1) is 11.8 Å². The molecular formula is C15H24N2O. The maximum atomic E-state index is 6.64. The molecule has 2 unspecified atom stereocenters. The van der Waals surface area contributed by atoms with Gasteiger partial charge in [-0.05, 0) is 36.3 Å². The van der Waals surface area contributed by atoms with E-state index in [1.54, 1.807) is 13.3 Å². The smallest absolute Gasteiger partial charge is 0.137 e. The zero-order valence-corrected chi connectivity index (χ0v) is 11.6. The Morgan fingerprint density at radius 2 is 2.22 bits per heavy atom. The van der Waals surface area contributed by atoms with Crippen LogP contribution in [0.2, 0.25) is 0 Å². The van der Waals surface area contributed by atoms with E-state index in [-0.39, 0.29) is 5.54 Å². The third kappa shape index (κ3) is 2.66. The molecule has 100 valence electrons. The van der Waals surface area contributed by atoms with E-state index in [2.05, 4.69) is 18.8 Å². The van der Waals surface area contributed by atoms with Crippen molar-refractivity contribution in [1.82, 2.24) is 4.98 Å². The summed E-state index contributed by atoms with van der Waals surface area (Å²) in [4.78, 5) is 4.24. The molecule has 1 aliphatic carbocycles. The maximum absolute atomic E-state index is 6.64. The Kier molecular flexibility index (Phi) is 3.91. The SMILES string of the molecule is COc1cncc(C2(N)CCCC(C(C)C)C2)c1. The average Bonchev–Trinajstić information content (AvgIpc) is 2.39. The summed E-state index contributed by atoms with van der Waals surface area (Å²) in [5, 5.41) is 0. The molecule has 1 saturated carbocycles. The number of hydrogen-bond acceptors (Lipinski definition) is 3. The first-order chi connectivity index (χ1) is 8.55. The quantitative estimate of drug-likeness (QED) is 0.894. The Labute approximate surface area is 110 Å². The van der Waals surface area contributed by atoms with E-state index in [4.69, 9.17) is 10.5 Å². The summed E-state index contributed by atoms with van der Waals surface area (Å²) in [6, 6.07) is 2.04. The highest BCUT2D eigenvalue weighted by molar-refractivity contribution is 5.29. The van der Waals surface area contributed by atoms with Gasteiger partial charge in [-0.1, -0.05) is 26.7 Å². The van der Waals surface area contributed by atoms with Gasteiger partial charge in [0.25, 0.3) is 0 Å². The van der Waals surface area contributed by atoms with Gasteiger partial charge in [-0.25, -0.2) is 0 Å². The normalized spacial score (nSPS) is 28.4. The molecule has 3 heteroatoms. The predicted molar refractivity (Wildman–Crippen MR) is 73.5 cm³/mol. The number of hydrogen-bond donors (Lipinski definition) is 1. The van der Waals surface area contributed by atoms with Crippen molar-refractivity contribution >= 4 is 0 Å². The number of pyridine rings is 1. The monoisotopic (exact) mass is 248 g/mol. The zero-order valence-electron chi connectivity index (χ0n) is 11.6. The number of nitrogens with two attached hydrogens (primary N) is 1. The minimum absolute atomic E-state index is 0.227. The fourth-order valence-corrected chi connectivity index (χ4v) is 2.99. The van der Waals surface area contributed by atoms with Crippen LogP contribution in [0.3, 0.4) is 0 Å². The fraction of sp³-hybridized carbons (Fsp3) is 0.667. The molecule has 0 spiro atoms. The molecular weight excluding hydrogens is 224 g/mol. The second kappa shape index (κ2) is 5.27. The van der Waals surface area contributed by atoms with E-state index in [1.807, 2.05) is 12.3 Å². The Balaban J connectivity index is 2.23. The van der Waals surface area contributed by atoms with E-state index < -0.39 is 0 Å². The lowest BCUT2D eigenvalue weighted by Crippen LogP contribution is -2.42. The average molecular weight is 248 g/mol. The van der Waals surface area contributed by atoms with Crippen molar-refractivity contribution in [2.24, 2.45) is 17.6 Å². The van der Waals surface area contributed by atoms with Crippen LogP contribution in [0.1, 0.15) is 45.1 Å². The van der Waals surface area contributed by atoms with Gasteiger partial charge in [-0.3, -0.25) is 4.98 Å². The van der Waals surface area contributed by atoms with Crippen molar-refractivity contribution in [1.29, 1.82) is 0 Å². The molecule has 1 heterocycles. The summed E-state index contributed by atoms with van der Waals surface area (Å²) in [6.45, 7) is 4.58. The topological polar surface area (TPSA) is 48.1 Å². The van der Waals surface area contributed by atoms with E-state index >= 15 is 0 Å². The van der Waals surface area contributed by atoms with E-state index in [9.17, 15) is 0 Å². The highest BCUT2D eigenvalue weighted by Gasteiger charge is 2.35. The fourth-order valence-electron chi connectivity index (χ4n) is 2.99. The van der Waals surface area contributed by atoms with Gasteiger partial charge < -0.3 is 10.5 Å². The first-order valence-corrected chi connectivity index (χ1v) is 6.83. The molecule has 0 aromatic carbocycles. The highest BCUT2D eigenvalue weighted by Crippen LogP contribution is 2.41. The molecule has 2 atom stereocenters. The number of rotatable bonds is 3. The first-order valence-electron chi connectivity index (χ1n) is 6.83. The summed E-state index contributed by atoms with van der Waals surface area (Å²) in [6.07, 6.45) is 8.23. The predicted octanol–water partition coefficient (Wildman–Crippen LogP) is 3.09. The van der Waals surface area contributed by atoms with Gasteiger partial charge in [0.2, 0.25) is 0 Å². The maximum Gasteiger partial charge on any atom is 0.137 e. The number of ether oxygens (including phenoxy) is 1. The molecule has 0 aliphatic heterocycles. The van der Waals surface area contributed by atoms with Gasteiger partial charge in [0.1, 0.15) is 5.75 Å². The van der Waals surface area contributed by atoms with E-state index in [0.29, 0.717) is 5.92 Å². The molecule has 1 fully saturated rings. The third-order valence-corrected chi connectivity index (χ3v) is 4.29. The summed E-state index contributed by atoms with van der Waals surface area (Å²) >= 11 is 0. The zero-order chi connectivity index (χ0) is 13.2. The molecule has 18 heavy (non-hydrogen) atoms. The summed E-state index contributed by atoms with van der Waals surface area (Å²) < 4.78 is 5.25. The van der Waals surface area contributed by atoms with Crippen LogP contribution in [-0.4, -0.2) is 12.1 Å². The van der Waals surface area contributed by atoms with Crippen LogP contribution < -0.4 is 10.5 Å². The Morgan fingerprint density at radius 3 is 2.89 bits per heavy atom. The van der Waals surface area contributed by atoms with Crippen LogP contribution in [0.5, 0.6) is 5.75 Å². The van der Waals surface area contributed by atoms with E-state index in [0.717, 1.165) is 30.1 Å². The standard InChI is InChI=1S/C15H24N2O/c1-11(2)12-5-4-6-15(16,8-12)13-7-14(18-3)10-17-9-13/h7,9-12H,4-6,8,16H2,1-3H3. The molecule has 0 amide bonds. The molecule has 1 aromatic heterocycles. The molecule has 3 nitrogen and oxygen atoms in total. The van der Waals surface area contributed by atoms with Gasteiger partial charge in [-0.2, -0.15) is 0 Å². The Morgan fingerprint density at radius 1 is 1.44 bits per heavy atom. The molecule has 2 rings (SSSR count).